The number of hydrogen-bond donors (Lipinski definition) is 1. The molecule has 5 nitrogen and oxygen atoms in total. The number of aliphatic hydroxyl groups is 1. The predicted octanol–water partition coefficient (Wildman–Crippen LogP) is -1.25. The fourth-order valence-electron chi connectivity index (χ4n) is 0.450. The first-order valence-electron chi connectivity index (χ1n) is 2.25. The number of aliphatic hydroxyl groups excluding tert-OH is 1. The lowest BCUT2D eigenvalue weighted by Gasteiger charge is -2.16. The van der Waals surface area contributed by atoms with Gasteiger partial charge in [0.05, 0.1) is 0 Å². The minimum absolute atomic E-state index is 0.420. The number of carbonyl (C=O) groups excluding carboxylic acids is 2. The second kappa shape index (κ2) is 2.02. The molecular weight excluding hydrogens is 128 g/mol. The van der Waals surface area contributed by atoms with Crippen molar-refractivity contribution in [2.24, 2.45) is 0 Å². The van der Waals surface area contributed by atoms with Crippen LogP contribution in [0.25, 0.3) is 0 Å². The van der Waals surface area contributed by atoms with Gasteiger partial charge in [-0.3, -0.25) is 9.59 Å². The number of esters is 2. The molecule has 1 rings (SSSR count). The van der Waals surface area contributed by atoms with Crippen LogP contribution in [0.1, 0.15) is 6.42 Å². The largest absolute Gasteiger partial charge is 0.400 e. The first kappa shape index (κ1) is 6.03. The van der Waals surface area contributed by atoms with Gasteiger partial charge < -0.3 is 14.6 Å². The van der Waals surface area contributed by atoms with Crippen molar-refractivity contribution in [3.8, 4) is 0 Å². The molecule has 50 valence electrons. The topological polar surface area (TPSA) is 72.8 Å². The van der Waals surface area contributed by atoms with Gasteiger partial charge in [-0.15, -0.1) is 0 Å². The summed E-state index contributed by atoms with van der Waals surface area (Å²) in [6, 6.07) is 0. The molecule has 5 heteroatoms. The Labute approximate surface area is 50.2 Å². The van der Waals surface area contributed by atoms with Crippen molar-refractivity contribution in [3.05, 3.63) is 0 Å². The van der Waals surface area contributed by atoms with E-state index in [9.17, 15) is 9.59 Å². The Morgan fingerprint density at radius 3 is 2.11 bits per heavy atom. The van der Waals surface area contributed by atoms with Gasteiger partial charge in [0.1, 0.15) is 6.42 Å². The van der Waals surface area contributed by atoms with Crippen LogP contribution in [0.15, 0.2) is 0 Å². The molecule has 0 spiro atoms. The summed E-state index contributed by atoms with van der Waals surface area (Å²) in [5.41, 5.74) is 0. The van der Waals surface area contributed by atoms with E-state index in [1.807, 2.05) is 0 Å². The van der Waals surface area contributed by atoms with Crippen LogP contribution >= 0.6 is 0 Å². The summed E-state index contributed by atoms with van der Waals surface area (Å²) in [6.45, 7) is -1.71. The summed E-state index contributed by atoms with van der Waals surface area (Å²) in [6.07, 6.45) is -0.420. The first-order valence-corrected chi connectivity index (χ1v) is 2.25. The van der Waals surface area contributed by atoms with E-state index in [2.05, 4.69) is 9.47 Å². The lowest BCUT2D eigenvalue weighted by Crippen LogP contribution is -2.31. The quantitative estimate of drug-likeness (QED) is 0.329. The Balaban J connectivity index is 2.53. The Bertz CT molecular complexity index is 135. The molecule has 0 bridgehead atoms. The third-order valence-electron chi connectivity index (χ3n) is 0.753. The van der Waals surface area contributed by atoms with E-state index in [1.54, 1.807) is 0 Å². The molecule has 9 heavy (non-hydrogen) atoms. The molecule has 0 unspecified atom stereocenters. The molecule has 0 radical (unpaired) electrons. The minimum Gasteiger partial charge on any atom is -0.400 e. The standard InChI is InChI=1S/C4H4O5/c5-2-1-3(6)9-4(7)8-2/h4,7H,1H2. The fraction of sp³-hybridized carbons (Fsp3) is 0.500. The van der Waals surface area contributed by atoms with Crippen molar-refractivity contribution in [2.75, 3.05) is 0 Å². The van der Waals surface area contributed by atoms with Crippen molar-refractivity contribution in [1.82, 2.24) is 0 Å². The van der Waals surface area contributed by atoms with Crippen LogP contribution in [0.4, 0.5) is 0 Å². The maximum Gasteiger partial charge on any atom is 0.362 e. The average Bonchev–Trinajstić information content (AvgIpc) is 1.59. The molecule has 0 atom stereocenters. The number of carbonyl (C=O) groups is 2. The van der Waals surface area contributed by atoms with E-state index >= 15 is 0 Å². The summed E-state index contributed by atoms with van der Waals surface area (Å²) < 4.78 is 8.06. The van der Waals surface area contributed by atoms with E-state index < -0.39 is 24.8 Å². The van der Waals surface area contributed by atoms with Crippen LogP contribution < -0.4 is 0 Å². The highest BCUT2D eigenvalue weighted by atomic mass is 16.8. The molecule has 0 amide bonds. The lowest BCUT2D eigenvalue weighted by atomic mass is 10.4. The smallest absolute Gasteiger partial charge is 0.362 e. The molecule has 0 aromatic rings. The van der Waals surface area contributed by atoms with Crippen molar-refractivity contribution in [2.45, 2.75) is 12.9 Å². The molecule has 1 aliphatic heterocycles. The number of cyclic esters (lactones) is 2. The van der Waals surface area contributed by atoms with Crippen LogP contribution in [0, 0.1) is 0 Å². The van der Waals surface area contributed by atoms with Gasteiger partial charge in [-0.05, 0) is 0 Å². The summed E-state index contributed by atoms with van der Waals surface area (Å²) in [7, 11) is 0. The van der Waals surface area contributed by atoms with Crippen molar-refractivity contribution >= 4 is 11.9 Å². The Hall–Kier alpha value is -1.10. The van der Waals surface area contributed by atoms with E-state index in [0.717, 1.165) is 0 Å². The van der Waals surface area contributed by atoms with Gasteiger partial charge >= 0.3 is 18.4 Å². The maximum atomic E-state index is 10.2. The molecule has 1 heterocycles. The van der Waals surface area contributed by atoms with Crippen molar-refractivity contribution < 1.29 is 24.2 Å². The molecule has 1 aliphatic rings. The van der Waals surface area contributed by atoms with Crippen LogP contribution in [-0.4, -0.2) is 23.5 Å². The average molecular weight is 132 g/mol. The van der Waals surface area contributed by atoms with E-state index in [0.29, 0.717) is 0 Å². The summed E-state index contributed by atoms with van der Waals surface area (Å²) in [5, 5.41) is 8.36. The monoisotopic (exact) mass is 132 g/mol. The SMILES string of the molecule is O=C1CC(=O)OC(O)O1. The predicted molar refractivity (Wildman–Crippen MR) is 22.8 cm³/mol. The molecule has 0 aromatic heterocycles. The van der Waals surface area contributed by atoms with Crippen LogP contribution in [0.2, 0.25) is 0 Å². The summed E-state index contributed by atoms with van der Waals surface area (Å²) in [4.78, 5) is 20.4. The van der Waals surface area contributed by atoms with Gasteiger partial charge in [0.15, 0.2) is 0 Å². The second-order valence-electron chi connectivity index (χ2n) is 1.46. The summed E-state index contributed by atoms with van der Waals surface area (Å²) >= 11 is 0. The Kier molecular flexibility index (Phi) is 1.35. The third-order valence-corrected chi connectivity index (χ3v) is 0.753. The van der Waals surface area contributed by atoms with E-state index in [-0.39, 0.29) is 0 Å². The second-order valence-corrected chi connectivity index (χ2v) is 1.46. The van der Waals surface area contributed by atoms with Gasteiger partial charge in [-0.25, -0.2) is 0 Å². The van der Waals surface area contributed by atoms with E-state index in [4.69, 9.17) is 5.11 Å². The minimum atomic E-state index is -1.71. The fourth-order valence-corrected chi connectivity index (χ4v) is 0.450. The van der Waals surface area contributed by atoms with Crippen LogP contribution in [0.3, 0.4) is 0 Å². The molecule has 1 N–H and O–H groups in total. The van der Waals surface area contributed by atoms with Gasteiger partial charge in [-0.2, -0.15) is 0 Å². The van der Waals surface area contributed by atoms with E-state index in [1.165, 1.54) is 0 Å². The third kappa shape index (κ3) is 1.39. The van der Waals surface area contributed by atoms with Gasteiger partial charge in [0, 0.05) is 0 Å². The zero-order chi connectivity index (χ0) is 6.85. The highest BCUT2D eigenvalue weighted by Crippen LogP contribution is 2.03. The van der Waals surface area contributed by atoms with Crippen molar-refractivity contribution in [1.29, 1.82) is 0 Å². The van der Waals surface area contributed by atoms with Gasteiger partial charge in [0.25, 0.3) is 0 Å². The van der Waals surface area contributed by atoms with Gasteiger partial charge in [-0.1, -0.05) is 0 Å². The first-order chi connectivity index (χ1) is 4.18. The number of rotatable bonds is 0. The maximum absolute atomic E-state index is 10.2. The molecule has 0 saturated carbocycles. The Morgan fingerprint density at radius 1 is 1.33 bits per heavy atom. The van der Waals surface area contributed by atoms with Gasteiger partial charge in [0.2, 0.25) is 0 Å². The lowest BCUT2D eigenvalue weighted by molar-refractivity contribution is -0.259. The molecule has 1 saturated heterocycles. The molecule has 0 aromatic carbocycles. The summed E-state index contributed by atoms with van der Waals surface area (Å²) in [5.74, 6) is -1.53. The van der Waals surface area contributed by atoms with Crippen molar-refractivity contribution in [3.63, 3.8) is 0 Å². The zero-order valence-electron chi connectivity index (χ0n) is 4.36. The molecular formula is C4H4O5. The highest BCUT2D eigenvalue weighted by Gasteiger charge is 2.25. The molecule has 0 aliphatic carbocycles. The highest BCUT2D eigenvalue weighted by molar-refractivity contribution is 5.92. The number of ether oxygens (including phenoxy) is 2. The van der Waals surface area contributed by atoms with Crippen LogP contribution in [-0.2, 0) is 19.1 Å². The van der Waals surface area contributed by atoms with Crippen LogP contribution in [0.5, 0.6) is 0 Å². The normalized spacial score (nSPS) is 21.0. The zero-order valence-corrected chi connectivity index (χ0v) is 4.36. The molecule has 1 fully saturated rings. The number of hydrogen-bond acceptors (Lipinski definition) is 5. The Morgan fingerprint density at radius 2 is 1.78 bits per heavy atom.